The molecule has 0 radical (unpaired) electrons. The van der Waals surface area contributed by atoms with E-state index in [1.165, 1.54) is 12.3 Å². The highest BCUT2D eigenvalue weighted by molar-refractivity contribution is 6.29. The van der Waals surface area contributed by atoms with Crippen molar-refractivity contribution < 1.29 is 9.53 Å². The summed E-state index contributed by atoms with van der Waals surface area (Å²) in [5.74, 6) is 0.580. The fourth-order valence-corrected chi connectivity index (χ4v) is 1.85. The van der Waals surface area contributed by atoms with Crippen molar-refractivity contribution in [3.8, 4) is 5.75 Å². The molecule has 0 aliphatic carbocycles. The summed E-state index contributed by atoms with van der Waals surface area (Å²) in [5.41, 5.74) is 1.53. The second-order valence-electron chi connectivity index (χ2n) is 4.19. The Hall–Kier alpha value is -2.33. The summed E-state index contributed by atoms with van der Waals surface area (Å²) >= 11 is 5.75. The molecular weight excluding hydrogens is 288 g/mol. The van der Waals surface area contributed by atoms with Gasteiger partial charge in [0.25, 0.3) is 0 Å². The lowest BCUT2D eigenvalue weighted by molar-refractivity contribution is -0.111. The second-order valence-corrected chi connectivity index (χ2v) is 4.58. The van der Waals surface area contributed by atoms with Crippen molar-refractivity contribution in [2.24, 2.45) is 0 Å². The van der Waals surface area contributed by atoms with E-state index < -0.39 is 0 Å². The average Bonchev–Trinajstić information content (AvgIpc) is 2.47. The fourth-order valence-electron chi connectivity index (χ4n) is 1.68. The van der Waals surface area contributed by atoms with Crippen LogP contribution in [-0.4, -0.2) is 17.5 Å². The van der Waals surface area contributed by atoms with Gasteiger partial charge in [0, 0.05) is 18.0 Å². The maximum Gasteiger partial charge on any atom is 0.248 e. The summed E-state index contributed by atoms with van der Waals surface area (Å²) in [4.78, 5) is 15.6. The molecule has 5 heteroatoms. The number of anilines is 1. The third-order valence-corrected chi connectivity index (χ3v) is 2.82. The number of amides is 1. The first-order chi connectivity index (χ1) is 10.2. The summed E-state index contributed by atoms with van der Waals surface area (Å²) in [6.45, 7) is 2.57. The van der Waals surface area contributed by atoms with Crippen LogP contribution in [0.3, 0.4) is 0 Å². The highest BCUT2D eigenvalue weighted by Gasteiger charge is 1.99. The molecule has 0 saturated heterocycles. The van der Waals surface area contributed by atoms with Crippen LogP contribution in [0.4, 0.5) is 5.69 Å². The van der Waals surface area contributed by atoms with E-state index in [1.807, 2.05) is 31.2 Å². The van der Waals surface area contributed by atoms with Gasteiger partial charge in [-0.05, 0) is 42.8 Å². The van der Waals surface area contributed by atoms with E-state index in [0.717, 1.165) is 11.3 Å². The number of rotatable bonds is 5. The molecule has 0 saturated carbocycles. The van der Waals surface area contributed by atoms with Crippen molar-refractivity contribution in [2.45, 2.75) is 6.92 Å². The Bertz CT molecular complexity index is 639. The van der Waals surface area contributed by atoms with Crippen LogP contribution >= 0.6 is 11.6 Å². The molecule has 1 aromatic carbocycles. The third kappa shape index (κ3) is 4.93. The number of hydrogen-bond acceptors (Lipinski definition) is 3. The summed E-state index contributed by atoms with van der Waals surface area (Å²) in [6, 6.07) is 10.8. The molecule has 2 aromatic rings. The van der Waals surface area contributed by atoms with Gasteiger partial charge in [-0.1, -0.05) is 23.7 Å². The summed E-state index contributed by atoms with van der Waals surface area (Å²) in [6.07, 6.45) is 4.73. The minimum absolute atomic E-state index is 0.230. The predicted octanol–water partition coefficient (Wildman–Crippen LogP) is 3.79. The van der Waals surface area contributed by atoms with E-state index >= 15 is 0 Å². The molecule has 1 N–H and O–H groups in total. The van der Waals surface area contributed by atoms with Gasteiger partial charge in [0.15, 0.2) is 0 Å². The lowest BCUT2D eigenvalue weighted by Gasteiger charge is -2.03. The zero-order chi connectivity index (χ0) is 15.1. The van der Waals surface area contributed by atoms with Gasteiger partial charge < -0.3 is 10.1 Å². The van der Waals surface area contributed by atoms with Gasteiger partial charge in [-0.2, -0.15) is 0 Å². The number of carbonyl (C=O) groups is 1. The highest BCUT2D eigenvalue weighted by atomic mass is 35.5. The minimum Gasteiger partial charge on any atom is -0.494 e. The first-order valence-electron chi connectivity index (χ1n) is 6.51. The molecule has 1 amide bonds. The Labute approximate surface area is 128 Å². The quantitative estimate of drug-likeness (QED) is 0.675. The topological polar surface area (TPSA) is 51.2 Å². The lowest BCUT2D eigenvalue weighted by atomic mass is 10.2. The van der Waals surface area contributed by atoms with E-state index in [9.17, 15) is 4.79 Å². The monoisotopic (exact) mass is 302 g/mol. The molecule has 4 nitrogen and oxygen atoms in total. The normalized spacial score (nSPS) is 10.6. The number of nitrogens with zero attached hydrogens (tertiary/aromatic N) is 1. The van der Waals surface area contributed by atoms with Gasteiger partial charge in [-0.15, -0.1) is 0 Å². The van der Waals surface area contributed by atoms with Gasteiger partial charge in [0.05, 0.1) is 6.61 Å². The van der Waals surface area contributed by atoms with E-state index in [2.05, 4.69) is 10.3 Å². The number of aromatic nitrogens is 1. The van der Waals surface area contributed by atoms with E-state index in [1.54, 1.807) is 18.2 Å². The van der Waals surface area contributed by atoms with Gasteiger partial charge in [0.1, 0.15) is 10.9 Å². The fraction of sp³-hybridized carbons (Fsp3) is 0.125. The predicted molar refractivity (Wildman–Crippen MR) is 84.5 cm³/mol. The summed E-state index contributed by atoms with van der Waals surface area (Å²) in [5, 5.41) is 3.05. The third-order valence-electron chi connectivity index (χ3n) is 2.61. The van der Waals surface area contributed by atoms with Crippen molar-refractivity contribution in [3.05, 3.63) is 59.4 Å². The SMILES string of the molecule is CCOc1ccc(/C=C/C(=O)Nc2ccnc(Cl)c2)cc1. The Balaban J connectivity index is 1.95. The van der Waals surface area contributed by atoms with Crippen LogP contribution in [0.2, 0.25) is 5.15 Å². The first-order valence-corrected chi connectivity index (χ1v) is 6.88. The Kier molecular flexibility index (Phi) is 5.35. The number of carbonyl (C=O) groups excluding carboxylic acids is 1. The molecule has 1 heterocycles. The molecule has 108 valence electrons. The molecule has 0 aliphatic heterocycles. The number of ether oxygens (including phenoxy) is 1. The van der Waals surface area contributed by atoms with Gasteiger partial charge >= 0.3 is 0 Å². The first kappa shape index (κ1) is 15.1. The van der Waals surface area contributed by atoms with Gasteiger partial charge in [0.2, 0.25) is 5.91 Å². The Morgan fingerprint density at radius 2 is 2.10 bits per heavy atom. The second kappa shape index (κ2) is 7.45. The maximum absolute atomic E-state index is 11.8. The van der Waals surface area contributed by atoms with Gasteiger partial charge in [-0.3, -0.25) is 4.79 Å². The van der Waals surface area contributed by atoms with Crippen LogP contribution in [0.5, 0.6) is 5.75 Å². The van der Waals surface area contributed by atoms with Crippen molar-refractivity contribution in [1.82, 2.24) is 4.98 Å². The highest BCUT2D eigenvalue weighted by Crippen LogP contribution is 2.14. The summed E-state index contributed by atoms with van der Waals surface area (Å²) in [7, 11) is 0. The Morgan fingerprint density at radius 3 is 2.76 bits per heavy atom. The minimum atomic E-state index is -0.230. The molecule has 0 unspecified atom stereocenters. The number of nitrogens with one attached hydrogen (secondary N) is 1. The maximum atomic E-state index is 11.8. The van der Waals surface area contributed by atoms with Gasteiger partial charge in [-0.25, -0.2) is 4.98 Å². The average molecular weight is 303 g/mol. The molecule has 0 fully saturated rings. The van der Waals surface area contributed by atoms with Crippen LogP contribution in [-0.2, 0) is 4.79 Å². The van der Waals surface area contributed by atoms with Crippen molar-refractivity contribution in [2.75, 3.05) is 11.9 Å². The number of halogens is 1. The van der Waals surface area contributed by atoms with Crippen LogP contribution in [0.1, 0.15) is 12.5 Å². The van der Waals surface area contributed by atoms with E-state index in [0.29, 0.717) is 17.4 Å². The zero-order valence-electron chi connectivity index (χ0n) is 11.5. The zero-order valence-corrected chi connectivity index (χ0v) is 12.3. The number of pyridine rings is 1. The molecule has 0 bridgehead atoms. The molecule has 21 heavy (non-hydrogen) atoms. The molecule has 1 aromatic heterocycles. The standard InChI is InChI=1S/C16H15ClN2O2/c1-2-21-14-6-3-12(4-7-14)5-8-16(20)19-13-9-10-18-15(17)11-13/h3-11H,2H2,1H3,(H,18,19,20)/b8-5+. The lowest BCUT2D eigenvalue weighted by Crippen LogP contribution is -2.07. The van der Waals surface area contributed by atoms with E-state index in [4.69, 9.17) is 16.3 Å². The van der Waals surface area contributed by atoms with Crippen LogP contribution < -0.4 is 10.1 Å². The van der Waals surface area contributed by atoms with Crippen LogP contribution in [0.15, 0.2) is 48.7 Å². The largest absolute Gasteiger partial charge is 0.494 e. The molecule has 0 aliphatic rings. The number of hydrogen-bond donors (Lipinski definition) is 1. The van der Waals surface area contributed by atoms with Crippen molar-refractivity contribution >= 4 is 29.3 Å². The number of benzene rings is 1. The molecule has 2 rings (SSSR count). The smallest absolute Gasteiger partial charge is 0.248 e. The molecule has 0 spiro atoms. The van der Waals surface area contributed by atoms with E-state index in [-0.39, 0.29) is 5.91 Å². The molecular formula is C16H15ClN2O2. The Morgan fingerprint density at radius 1 is 1.33 bits per heavy atom. The van der Waals surface area contributed by atoms with Crippen LogP contribution in [0.25, 0.3) is 6.08 Å². The molecule has 0 atom stereocenters. The van der Waals surface area contributed by atoms with Crippen LogP contribution in [0, 0.1) is 0 Å². The van der Waals surface area contributed by atoms with Crippen molar-refractivity contribution in [3.63, 3.8) is 0 Å². The van der Waals surface area contributed by atoms with Crippen molar-refractivity contribution in [1.29, 1.82) is 0 Å². The summed E-state index contributed by atoms with van der Waals surface area (Å²) < 4.78 is 5.35.